The van der Waals surface area contributed by atoms with E-state index in [-0.39, 0.29) is 18.2 Å². The fraction of sp³-hybridized carbons (Fsp3) is 0.0667. The van der Waals surface area contributed by atoms with Crippen LogP contribution >= 0.6 is 0 Å². The summed E-state index contributed by atoms with van der Waals surface area (Å²) in [6, 6.07) is 46.6. The average molecular weight is 653 g/mol. The molecular formula is C45H32O5. The highest BCUT2D eigenvalue weighted by Crippen LogP contribution is 2.39. The highest BCUT2D eigenvalue weighted by molar-refractivity contribution is 6.17. The molecule has 0 fully saturated rings. The molecule has 0 amide bonds. The molecule has 0 bridgehead atoms. The highest BCUT2D eigenvalue weighted by atomic mass is 16.5. The van der Waals surface area contributed by atoms with Crippen molar-refractivity contribution in [3.8, 4) is 17.2 Å². The summed E-state index contributed by atoms with van der Waals surface area (Å²) in [6.45, 7) is 0.103. The van der Waals surface area contributed by atoms with Gasteiger partial charge in [0, 0.05) is 21.7 Å². The number of fused-ring (bicyclic) bond motifs is 4. The molecule has 0 aliphatic heterocycles. The number of benzene rings is 8. The van der Waals surface area contributed by atoms with Crippen LogP contribution in [0.2, 0.25) is 0 Å². The quantitative estimate of drug-likeness (QED) is 0.145. The molecule has 5 nitrogen and oxygen atoms in total. The number of ketones is 2. The Morgan fingerprint density at radius 2 is 0.940 bits per heavy atom. The van der Waals surface area contributed by atoms with Gasteiger partial charge in [0.25, 0.3) is 0 Å². The summed E-state index contributed by atoms with van der Waals surface area (Å²) in [5, 5.41) is 7.33. The monoisotopic (exact) mass is 652 g/mol. The van der Waals surface area contributed by atoms with Crippen molar-refractivity contribution in [1.29, 1.82) is 0 Å². The van der Waals surface area contributed by atoms with Gasteiger partial charge in [-0.25, -0.2) is 0 Å². The molecule has 0 N–H and O–H groups in total. The molecule has 0 radical (unpaired) electrons. The Kier molecular flexibility index (Phi) is 7.94. The maximum atomic E-state index is 14.4. The number of carbonyl (C=O) groups is 2. The number of hydrogen-bond acceptors (Lipinski definition) is 5. The van der Waals surface area contributed by atoms with Crippen molar-refractivity contribution in [3.63, 3.8) is 0 Å². The summed E-state index contributed by atoms with van der Waals surface area (Å²) in [7, 11) is 3.17. The molecule has 0 saturated heterocycles. The summed E-state index contributed by atoms with van der Waals surface area (Å²) in [5.74, 6) is 1.13. The number of methoxy groups -OCH3 is 2. The third-order valence-electron chi connectivity index (χ3n) is 9.37. The van der Waals surface area contributed by atoms with Gasteiger partial charge < -0.3 is 14.2 Å². The van der Waals surface area contributed by atoms with Crippen LogP contribution in [-0.4, -0.2) is 25.8 Å². The van der Waals surface area contributed by atoms with Crippen LogP contribution in [0.5, 0.6) is 17.2 Å². The van der Waals surface area contributed by atoms with E-state index in [4.69, 9.17) is 14.2 Å². The van der Waals surface area contributed by atoms with Gasteiger partial charge in [0.15, 0.2) is 5.78 Å². The second-order valence-corrected chi connectivity index (χ2v) is 12.2. The predicted molar refractivity (Wildman–Crippen MR) is 200 cm³/mol. The number of ether oxygens (including phenoxy) is 3. The van der Waals surface area contributed by atoms with E-state index >= 15 is 0 Å². The molecule has 0 heterocycles. The summed E-state index contributed by atoms with van der Waals surface area (Å²) in [6.07, 6.45) is 0. The Labute approximate surface area is 289 Å². The van der Waals surface area contributed by atoms with Crippen LogP contribution in [0.25, 0.3) is 43.1 Å². The molecule has 0 spiro atoms. The van der Waals surface area contributed by atoms with Crippen molar-refractivity contribution < 1.29 is 23.8 Å². The Balaban J connectivity index is 1.24. The summed E-state index contributed by atoms with van der Waals surface area (Å²) < 4.78 is 18.4. The van der Waals surface area contributed by atoms with E-state index in [1.807, 2.05) is 146 Å². The van der Waals surface area contributed by atoms with Gasteiger partial charge in [-0.3, -0.25) is 9.59 Å². The third-order valence-corrected chi connectivity index (χ3v) is 9.37. The lowest BCUT2D eigenvalue weighted by Crippen LogP contribution is -2.10. The minimum Gasteiger partial charge on any atom is -0.495 e. The van der Waals surface area contributed by atoms with Gasteiger partial charge >= 0.3 is 0 Å². The normalized spacial score (nSPS) is 11.2. The van der Waals surface area contributed by atoms with Gasteiger partial charge in [-0.1, -0.05) is 121 Å². The molecule has 5 heteroatoms. The summed E-state index contributed by atoms with van der Waals surface area (Å²) >= 11 is 0. The zero-order valence-corrected chi connectivity index (χ0v) is 27.6. The molecule has 0 aliphatic rings. The number of hydrogen-bond donors (Lipinski definition) is 0. The van der Waals surface area contributed by atoms with E-state index in [0.29, 0.717) is 39.5 Å². The first-order chi connectivity index (χ1) is 24.6. The minimum absolute atomic E-state index is 0.103. The van der Waals surface area contributed by atoms with Crippen molar-refractivity contribution in [3.05, 3.63) is 173 Å². The topological polar surface area (TPSA) is 61.8 Å². The van der Waals surface area contributed by atoms with Gasteiger partial charge in [0.05, 0.1) is 30.9 Å². The molecule has 0 aliphatic carbocycles. The van der Waals surface area contributed by atoms with Crippen molar-refractivity contribution in [1.82, 2.24) is 0 Å². The predicted octanol–water partition coefficient (Wildman–Crippen LogP) is 10.4. The second-order valence-electron chi connectivity index (χ2n) is 12.2. The molecule has 242 valence electrons. The summed E-state index contributed by atoms with van der Waals surface area (Å²) in [5.41, 5.74) is 2.66. The van der Waals surface area contributed by atoms with E-state index in [0.717, 1.165) is 48.7 Å². The van der Waals surface area contributed by atoms with Gasteiger partial charge in [-0.15, -0.1) is 0 Å². The van der Waals surface area contributed by atoms with Crippen LogP contribution < -0.4 is 14.2 Å². The lowest BCUT2D eigenvalue weighted by Gasteiger charge is -2.18. The molecule has 50 heavy (non-hydrogen) atoms. The van der Waals surface area contributed by atoms with E-state index in [2.05, 4.69) is 0 Å². The molecular weight excluding hydrogens is 620 g/mol. The van der Waals surface area contributed by atoms with Crippen LogP contribution in [0.1, 0.15) is 37.4 Å². The molecule has 0 saturated carbocycles. The van der Waals surface area contributed by atoms with Gasteiger partial charge in [0.2, 0.25) is 5.78 Å². The molecule has 0 aromatic heterocycles. The first-order valence-corrected chi connectivity index (χ1v) is 16.4. The lowest BCUT2D eigenvalue weighted by molar-refractivity contribution is 0.102. The standard InChI is InChI=1S/C45H32O5/c1-48-43-35-16-7-5-12-29(35)21-23-38(43)42(47)39-24-22-30-13-6-8-17-36(30)45(39)50-27-33-26-40(44(49-2)37-18-10-9-15-34(33)37)41(46)32-20-19-28-11-3-4-14-31(28)25-32/h3-26H,27H2,1-2H3. The van der Waals surface area contributed by atoms with Crippen LogP contribution in [0.4, 0.5) is 0 Å². The smallest absolute Gasteiger partial charge is 0.200 e. The number of carbonyl (C=O) groups excluding carboxylic acids is 2. The molecule has 0 unspecified atom stereocenters. The molecule has 8 aromatic carbocycles. The Morgan fingerprint density at radius 1 is 0.440 bits per heavy atom. The highest BCUT2D eigenvalue weighted by Gasteiger charge is 2.24. The fourth-order valence-electron chi connectivity index (χ4n) is 6.93. The Morgan fingerprint density at radius 3 is 1.60 bits per heavy atom. The number of rotatable bonds is 9. The largest absolute Gasteiger partial charge is 0.495 e. The molecule has 8 aromatic rings. The Bertz CT molecular complexity index is 2620. The zero-order chi connectivity index (χ0) is 34.2. The average Bonchev–Trinajstić information content (AvgIpc) is 3.18. The van der Waals surface area contributed by atoms with E-state index in [1.54, 1.807) is 14.2 Å². The third kappa shape index (κ3) is 5.30. The summed E-state index contributed by atoms with van der Waals surface area (Å²) in [4.78, 5) is 28.6. The van der Waals surface area contributed by atoms with Crippen molar-refractivity contribution in [2.75, 3.05) is 14.2 Å². The van der Waals surface area contributed by atoms with Crippen molar-refractivity contribution >= 4 is 54.7 Å². The van der Waals surface area contributed by atoms with Crippen LogP contribution in [0.3, 0.4) is 0 Å². The first-order valence-electron chi connectivity index (χ1n) is 16.4. The second kappa shape index (κ2) is 12.9. The maximum Gasteiger partial charge on any atom is 0.200 e. The van der Waals surface area contributed by atoms with Crippen LogP contribution in [-0.2, 0) is 6.61 Å². The minimum atomic E-state index is -0.208. The van der Waals surface area contributed by atoms with Crippen molar-refractivity contribution in [2.45, 2.75) is 6.61 Å². The van der Waals surface area contributed by atoms with Gasteiger partial charge in [-0.2, -0.15) is 0 Å². The maximum absolute atomic E-state index is 14.4. The van der Waals surface area contributed by atoms with Gasteiger partial charge in [0.1, 0.15) is 23.9 Å². The lowest BCUT2D eigenvalue weighted by atomic mass is 9.93. The SMILES string of the molecule is COc1c(C(=O)c2ccc3ccccc3c2OCc2cc(C(=O)c3ccc4ccccc4c3)c(OC)c3ccccc23)ccc2ccccc12. The zero-order valence-electron chi connectivity index (χ0n) is 27.6. The van der Waals surface area contributed by atoms with E-state index < -0.39 is 0 Å². The fourth-order valence-corrected chi connectivity index (χ4v) is 6.93. The first kappa shape index (κ1) is 30.8. The van der Waals surface area contributed by atoms with Crippen molar-refractivity contribution in [2.24, 2.45) is 0 Å². The van der Waals surface area contributed by atoms with Crippen LogP contribution in [0.15, 0.2) is 146 Å². The van der Waals surface area contributed by atoms with E-state index in [9.17, 15) is 9.59 Å². The molecule has 0 atom stereocenters. The Hall–Kier alpha value is -6.46. The molecule has 8 rings (SSSR count). The van der Waals surface area contributed by atoms with Crippen LogP contribution in [0, 0.1) is 0 Å². The van der Waals surface area contributed by atoms with E-state index in [1.165, 1.54) is 0 Å². The van der Waals surface area contributed by atoms with Gasteiger partial charge in [-0.05, 0) is 56.8 Å².